The van der Waals surface area contributed by atoms with Crippen molar-refractivity contribution in [3.8, 4) is 5.69 Å². The Labute approximate surface area is 147 Å². The Hall–Kier alpha value is -2.68. The Morgan fingerprint density at radius 1 is 1.27 bits per heavy atom. The molecule has 0 saturated carbocycles. The molecule has 0 spiro atoms. The normalized spacial score (nSPS) is 12.1. The predicted octanol–water partition coefficient (Wildman–Crippen LogP) is 2.03. The summed E-state index contributed by atoms with van der Waals surface area (Å²) in [4.78, 5) is 24.3. The fraction of sp³-hybridized carbons (Fsp3) is 0.353. The number of nitrogens with zero attached hydrogens (tertiary/aromatic N) is 2. The summed E-state index contributed by atoms with van der Waals surface area (Å²) in [7, 11) is 0. The molecule has 6 nitrogen and oxygen atoms in total. The number of aryl methyl sites for hydroxylation is 1. The lowest BCUT2D eigenvalue weighted by Gasteiger charge is -2.19. The molecule has 9 heteroatoms. The Balaban J connectivity index is 2.46. The number of nitrogens with two attached hydrogens (primary N) is 1. The third kappa shape index (κ3) is 4.69. The van der Waals surface area contributed by atoms with Crippen molar-refractivity contribution in [1.29, 1.82) is 0 Å². The van der Waals surface area contributed by atoms with Crippen LogP contribution in [0.4, 0.5) is 13.2 Å². The van der Waals surface area contributed by atoms with E-state index in [0.717, 1.165) is 22.9 Å². The lowest BCUT2D eigenvalue weighted by Crippen LogP contribution is -2.46. The lowest BCUT2D eigenvalue weighted by molar-refractivity contribution is -0.137. The van der Waals surface area contributed by atoms with E-state index in [1.807, 2.05) is 0 Å². The van der Waals surface area contributed by atoms with Crippen LogP contribution in [0, 0.1) is 6.92 Å². The van der Waals surface area contributed by atoms with Crippen molar-refractivity contribution in [3.05, 3.63) is 57.5 Å². The van der Waals surface area contributed by atoms with Gasteiger partial charge in [0.1, 0.15) is 0 Å². The summed E-state index contributed by atoms with van der Waals surface area (Å²) in [6.45, 7) is 5.00. The average Bonchev–Trinajstić information content (AvgIpc) is 2.51. The summed E-state index contributed by atoms with van der Waals surface area (Å²) in [6.07, 6.45) is -4.52. The lowest BCUT2D eigenvalue weighted by atomic mass is 10.1. The number of aromatic nitrogens is 2. The zero-order valence-electron chi connectivity index (χ0n) is 14.5. The van der Waals surface area contributed by atoms with Crippen molar-refractivity contribution < 1.29 is 18.0 Å². The number of halogens is 3. The molecule has 1 heterocycles. The molecule has 26 heavy (non-hydrogen) atoms. The number of alkyl halides is 3. The van der Waals surface area contributed by atoms with E-state index >= 15 is 0 Å². The first kappa shape index (κ1) is 19.6. The maximum atomic E-state index is 12.9. The molecule has 0 fully saturated rings. The van der Waals surface area contributed by atoms with Gasteiger partial charge in [-0.2, -0.15) is 18.3 Å². The highest BCUT2D eigenvalue weighted by Crippen LogP contribution is 2.30. The highest BCUT2D eigenvalue weighted by atomic mass is 19.4. The van der Waals surface area contributed by atoms with Gasteiger partial charge in [-0.05, 0) is 39.0 Å². The molecule has 0 bridgehead atoms. The number of carbonyl (C=O) groups is 1. The molecule has 0 aliphatic carbocycles. The van der Waals surface area contributed by atoms with E-state index in [2.05, 4.69) is 10.4 Å². The highest BCUT2D eigenvalue weighted by molar-refractivity contribution is 5.92. The molecule has 0 saturated heterocycles. The molecule has 2 aromatic rings. The Morgan fingerprint density at radius 3 is 2.50 bits per heavy atom. The second-order valence-corrected chi connectivity index (χ2v) is 6.63. The van der Waals surface area contributed by atoms with E-state index in [9.17, 15) is 22.8 Å². The average molecular weight is 368 g/mol. The number of hydrogen-bond acceptors (Lipinski definition) is 4. The van der Waals surface area contributed by atoms with Gasteiger partial charge in [0.2, 0.25) is 5.43 Å². The van der Waals surface area contributed by atoms with Crippen LogP contribution in [0.5, 0.6) is 0 Å². The molecular weight excluding hydrogens is 349 g/mol. The zero-order chi connectivity index (χ0) is 19.7. The maximum Gasteiger partial charge on any atom is 0.416 e. The predicted molar refractivity (Wildman–Crippen MR) is 90.2 cm³/mol. The minimum absolute atomic E-state index is 0.0885. The first-order chi connectivity index (χ1) is 11.9. The van der Waals surface area contributed by atoms with E-state index in [-0.39, 0.29) is 12.2 Å². The maximum absolute atomic E-state index is 12.9. The van der Waals surface area contributed by atoms with Crippen molar-refractivity contribution in [3.63, 3.8) is 0 Å². The number of rotatable bonds is 4. The largest absolute Gasteiger partial charge is 0.416 e. The minimum atomic E-state index is -4.52. The first-order valence-electron chi connectivity index (χ1n) is 7.74. The van der Waals surface area contributed by atoms with E-state index in [1.54, 1.807) is 13.8 Å². The van der Waals surface area contributed by atoms with Crippen LogP contribution >= 0.6 is 0 Å². The molecule has 3 N–H and O–H groups in total. The second-order valence-electron chi connectivity index (χ2n) is 6.63. The Bertz CT molecular complexity index is 883. The highest BCUT2D eigenvalue weighted by Gasteiger charge is 2.30. The molecule has 140 valence electrons. The van der Waals surface area contributed by atoms with Crippen molar-refractivity contribution in [2.24, 2.45) is 5.73 Å². The van der Waals surface area contributed by atoms with Crippen LogP contribution in [-0.4, -0.2) is 27.8 Å². The number of amides is 1. The van der Waals surface area contributed by atoms with Gasteiger partial charge in [-0.15, -0.1) is 0 Å². The van der Waals surface area contributed by atoms with Gasteiger partial charge in [-0.3, -0.25) is 9.59 Å². The Morgan fingerprint density at radius 2 is 1.92 bits per heavy atom. The first-order valence-corrected chi connectivity index (χ1v) is 7.74. The van der Waals surface area contributed by atoms with Gasteiger partial charge >= 0.3 is 6.18 Å². The van der Waals surface area contributed by atoms with Crippen molar-refractivity contribution in [2.45, 2.75) is 32.5 Å². The van der Waals surface area contributed by atoms with Crippen LogP contribution in [0.2, 0.25) is 0 Å². The zero-order valence-corrected chi connectivity index (χ0v) is 14.5. The molecule has 0 aliphatic heterocycles. The Kier molecular flexibility index (Phi) is 5.22. The van der Waals surface area contributed by atoms with Gasteiger partial charge in [-0.25, -0.2) is 4.68 Å². The molecule has 0 radical (unpaired) electrons. The summed E-state index contributed by atoms with van der Waals surface area (Å²) < 4.78 is 39.9. The number of carbonyl (C=O) groups excluding carboxylic acids is 1. The van der Waals surface area contributed by atoms with Crippen LogP contribution < -0.4 is 16.5 Å². The van der Waals surface area contributed by atoms with E-state index < -0.39 is 34.3 Å². The van der Waals surface area contributed by atoms with Gasteiger partial charge in [0, 0.05) is 23.8 Å². The summed E-state index contributed by atoms with van der Waals surface area (Å²) in [5.41, 5.74) is 3.57. The molecule has 0 unspecified atom stereocenters. The molecule has 1 amide bonds. The van der Waals surface area contributed by atoms with Crippen LogP contribution in [0.3, 0.4) is 0 Å². The molecule has 1 aromatic carbocycles. The van der Waals surface area contributed by atoms with Gasteiger partial charge in [-0.1, -0.05) is 6.07 Å². The molecule has 1 aromatic heterocycles. The summed E-state index contributed by atoms with van der Waals surface area (Å²) >= 11 is 0. The quantitative estimate of drug-likeness (QED) is 0.864. The van der Waals surface area contributed by atoms with Crippen LogP contribution in [0.15, 0.2) is 35.1 Å². The van der Waals surface area contributed by atoms with E-state index in [4.69, 9.17) is 5.73 Å². The third-order valence-electron chi connectivity index (χ3n) is 3.45. The third-order valence-corrected chi connectivity index (χ3v) is 3.45. The number of benzene rings is 1. The molecule has 0 aliphatic rings. The smallest absolute Gasteiger partial charge is 0.349 e. The van der Waals surface area contributed by atoms with Crippen molar-refractivity contribution in [2.75, 3.05) is 6.54 Å². The van der Waals surface area contributed by atoms with Gasteiger partial charge in [0.05, 0.1) is 11.3 Å². The standard InChI is InChI=1S/C17H19F3N4O2/c1-10-7-13(25)14(15(26)22-9-16(2,3)21)23-24(10)12-6-4-5-11(8-12)17(18,19)20/h4-8H,9,21H2,1-3H3,(H,22,26). The van der Waals surface area contributed by atoms with Crippen LogP contribution in [-0.2, 0) is 6.18 Å². The van der Waals surface area contributed by atoms with Crippen molar-refractivity contribution >= 4 is 5.91 Å². The molecular formula is C17H19F3N4O2. The second kappa shape index (κ2) is 6.91. The fourth-order valence-corrected chi connectivity index (χ4v) is 2.17. The molecule has 0 atom stereocenters. The van der Waals surface area contributed by atoms with Gasteiger partial charge in [0.25, 0.3) is 5.91 Å². The number of hydrogen-bond donors (Lipinski definition) is 2. The topological polar surface area (TPSA) is 90.0 Å². The van der Waals surface area contributed by atoms with E-state index in [1.165, 1.54) is 19.1 Å². The minimum Gasteiger partial charge on any atom is -0.349 e. The van der Waals surface area contributed by atoms with Gasteiger partial charge in [0.15, 0.2) is 5.69 Å². The summed E-state index contributed by atoms with van der Waals surface area (Å²) in [5, 5.41) is 6.44. The summed E-state index contributed by atoms with van der Waals surface area (Å²) in [6, 6.07) is 5.61. The fourth-order valence-electron chi connectivity index (χ4n) is 2.17. The summed E-state index contributed by atoms with van der Waals surface area (Å²) in [5.74, 6) is -0.741. The number of nitrogens with one attached hydrogen (secondary N) is 1. The SMILES string of the molecule is Cc1cc(=O)c(C(=O)NCC(C)(C)N)nn1-c1cccc(C(F)(F)F)c1. The van der Waals surface area contributed by atoms with Gasteiger partial charge < -0.3 is 11.1 Å². The monoisotopic (exact) mass is 368 g/mol. The van der Waals surface area contributed by atoms with Crippen LogP contribution in [0.25, 0.3) is 5.69 Å². The van der Waals surface area contributed by atoms with Crippen molar-refractivity contribution in [1.82, 2.24) is 15.1 Å². The van der Waals surface area contributed by atoms with E-state index in [0.29, 0.717) is 5.69 Å². The van der Waals surface area contributed by atoms with Crippen LogP contribution in [0.1, 0.15) is 35.6 Å². The molecule has 2 rings (SSSR count).